The minimum Gasteiger partial charge on any atom is -0.497 e. The molecule has 108 valence electrons. The molecule has 19 heavy (non-hydrogen) atoms. The zero-order chi connectivity index (χ0) is 14.3. The van der Waals surface area contributed by atoms with Crippen LogP contribution in [0.3, 0.4) is 0 Å². The molecule has 4 heteroatoms. The zero-order valence-electron chi connectivity index (χ0n) is 12.4. The predicted molar refractivity (Wildman–Crippen MR) is 78.5 cm³/mol. The van der Waals surface area contributed by atoms with Gasteiger partial charge in [0.2, 0.25) is 0 Å². The maximum atomic E-state index is 9.90. The van der Waals surface area contributed by atoms with E-state index in [1.54, 1.807) is 7.11 Å². The van der Waals surface area contributed by atoms with Crippen LogP contribution >= 0.6 is 0 Å². The van der Waals surface area contributed by atoms with Gasteiger partial charge in [0.15, 0.2) is 0 Å². The lowest BCUT2D eigenvalue weighted by Crippen LogP contribution is -2.38. The second kappa shape index (κ2) is 8.15. The van der Waals surface area contributed by atoms with Crippen LogP contribution in [-0.4, -0.2) is 49.4 Å². The Hall–Kier alpha value is -1.10. The molecule has 1 aromatic rings. The van der Waals surface area contributed by atoms with Gasteiger partial charge in [-0.1, -0.05) is 26.0 Å². The Morgan fingerprint density at radius 1 is 1.26 bits per heavy atom. The lowest BCUT2D eigenvalue weighted by molar-refractivity contribution is 0.119. The number of methoxy groups -OCH3 is 1. The van der Waals surface area contributed by atoms with Crippen molar-refractivity contribution in [1.29, 1.82) is 0 Å². The molecule has 0 radical (unpaired) electrons. The molecular formula is C15H26N2O2. The standard InChI is InChI=1S/C15H26N2O2/c1-12(2)16-9-14(18)11-17(3)10-13-5-7-15(19-4)8-6-13/h5-8,12,14,16,18H,9-11H2,1-4H3. The van der Waals surface area contributed by atoms with Crippen molar-refractivity contribution in [3.05, 3.63) is 29.8 Å². The summed E-state index contributed by atoms with van der Waals surface area (Å²) < 4.78 is 5.13. The summed E-state index contributed by atoms with van der Waals surface area (Å²) in [6.45, 7) is 6.26. The predicted octanol–water partition coefficient (Wildman–Crippen LogP) is 1.49. The van der Waals surface area contributed by atoms with E-state index in [-0.39, 0.29) is 6.10 Å². The first-order valence-corrected chi connectivity index (χ1v) is 6.74. The Balaban J connectivity index is 2.34. The molecule has 1 rings (SSSR count). The third-order valence-corrected chi connectivity index (χ3v) is 2.90. The highest BCUT2D eigenvalue weighted by molar-refractivity contribution is 5.27. The van der Waals surface area contributed by atoms with Gasteiger partial charge in [0.05, 0.1) is 13.2 Å². The maximum Gasteiger partial charge on any atom is 0.118 e. The summed E-state index contributed by atoms with van der Waals surface area (Å²) in [7, 11) is 3.68. The highest BCUT2D eigenvalue weighted by atomic mass is 16.5. The van der Waals surface area contributed by atoms with Crippen LogP contribution in [0.25, 0.3) is 0 Å². The molecule has 0 saturated carbocycles. The average Bonchev–Trinajstić information content (AvgIpc) is 2.37. The largest absolute Gasteiger partial charge is 0.497 e. The number of nitrogens with one attached hydrogen (secondary N) is 1. The molecule has 1 unspecified atom stereocenters. The summed E-state index contributed by atoms with van der Waals surface area (Å²) in [5, 5.41) is 13.1. The summed E-state index contributed by atoms with van der Waals surface area (Å²) in [6, 6.07) is 8.42. The van der Waals surface area contributed by atoms with Crippen LogP contribution in [0.4, 0.5) is 0 Å². The van der Waals surface area contributed by atoms with Crippen LogP contribution in [0.15, 0.2) is 24.3 Å². The molecule has 0 aliphatic heterocycles. The van der Waals surface area contributed by atoms with Crippen molar-refractivity contribution in [2.45, 2.75) is 32.5 Å². The first kappa shape index (κ1) is 16.0. The van der Waals surface area contributed by atoms with Gasteiger partial charge in [0, 0.05) is 25.7 Å². The van der Waals surface area contributed by atoms with E-state index in [2.05, 4.69) is 24.1 Å². The minimum atomic E-state index is -0.342. The molecule has 0 fully saturated rings. The van der Waals surface area contributed by atoms with Crippen LogP contribution in [0.2, 0.25) is 0 Å². The molecule has 0 spiro atoms. The third-order valence-electron chi connectivity index (χ3n) is 2.90. The number of ether oxygens (including phenoxy) is 1. The third kappa shape index (κ3) is 6.57. The number of hydrogen-bond acceptors (Lipinski definition) is 4. The number of aliphatic hydroxyl groups is 1. The van der Waals surface area contributed by atoms with Crippen LogP contribution in [0.5, 0.6) is 5.75 Å². The lowest BCUT2D eigenvalue weighted by Gasteiger charge is -2.21. The quantitative estimate of drug-likeness (QED) is 0.748. The van der Waals surface area contributed by atoms with E-state index in [1.807, 2.05) is 31.3 Å². The Labute approximate surface area is 116 Å². The molecule has 4 nitrogen and oxygen atoms in total. The van der Waals surface area contributed by atoms with Crippen molar-refractivity contribution in [1.82, 2.24) is 10.2 Å². The fraction of sp³-hybridized carbons (Fsp3) is 0.600. The zero-order valence-corrected chi connectivity index (χ0v) is 12.4. The molecule has 0 heterocycles. The van der Waals surface area contributed by atoms with E-state index in [9.17, 15) is 5.11 Å². The Kier molecular flexibility index (Phi) is 6.84. The van der Waals surface area contributed by atoms with Crippen molar-refractivity contribution in [3.8, 4) is 5.75 Å². The van der Waals surface area contributed by atoms with Crippen LogP contribution in [0, 0.1) is 0 Å². The smallest absolute Gasteiger partial charge is 0.118 e. The second-order valence-electron chi connectivity index (χ2n) is 5.26. The van der Waals surface area contributed by atoms with Crippen molar-refractivity contribution in [2.24, 2.45) is 0 Å². The normalized spacial score (nSPS) is 13.0. The SMILES string of the molecule is COc1ccc(CN(C)CC(O)CNC(C)C)cc1. The number of aliphatic hydroxyl groups excluding tert-OH is 1. The average molecular weight is 266 g/mol. The molecule has 0 aromatic heterocycles. The van der Waals surface area contributed by atoms with Crippen LogP contribution < -0.4 is 10.1 Å². The fourth-order valence-electron chi connectivity index (χ4n) is 1.90. The van der Waals surface area contributed by atoms with E-state index in [4.69, 9.17) is 4.74 Å². The van der Waals surface area contributed by atoms with E-state index < -0.39 is 0 Å². The van der Waals surface area contributed by atoms with E-state index in [0.29, 0.717) is 19.1 Å². The summed E-state index contributed by atoms with van der Waals surface area (Å²) in [5.74, 6) is 0.868. The summed E-state index contributed by atoms with van der Waals surface area (Å²) in [4.78, 5) is 2.12. The van der Waals surface area contributed by atoms with Gasteiger partial charge in [0.25, 0.3) is 0 Å². The molecule has 0 bridgehead atoms. The summed E-state index contributed by atoms with van der Waals surface area (Å²) >= 11 is 0. The molecule has 0 saturated heterocycles. The lowest BCUT2D eigenvalue weighted by atomic mass is 10.2. The number of nitrogens with zero attached hydrogens (tertiary/aromatic N) is 1. The van der Waals surface area contributed by atoms with Crippen molar-refractivity contribution in [3.63, 3.8) is 0 Å². The van der Waals surface area contributed by atoms with Gasteiger partial charge < -0.3 is 15.2 Å². The van der Waals surface area contributed by atoms with Gasteiger partial charge in [-0.25, -0.2) is 0 Å². The molecule has 1 atom stereocenters. The molecule has 2 N–H and O–H groups in total. The molecule has 0 amide bonds. The Morgan fingerprint density at radius 2 is 1.89 bits per heavy atom. The van der Waals surface area contributed by atoms with Gasteiger partial charge in [-0.05, 0) is 24.7 Å². The van der Waals surface area contributed by atoms with Gasteiger partial charge in [0.1, 0.15) is 5.75 Å². The molecule has 0 aliphatic carbocycles. The number of benzene rings is 1. The first-order valence-electron chi connectivity index (χ1n) is 6.74. The highest BCUT2D eigenvalue weighted by Gasteiger charge is 2.09. The van der Waals surface area contributed by atoms with Crippen LogP contribution in [-0.2, 0) is 6.54 Å². The van der Waals surface area contributed by atoms with E-state index in [0.717, 1.165) is 12.3 Å². The first-order chi connectivity index (χ1) is 9.01. The fourth-order valence-corrected chi connectivity index (χ4v) is 1.90. The summed E-state index contributed by atoms with van der Waals surface area (Å²) in [6.07, 6.45) is -0.342. The van der Waals surface area contributed by atoms with Gasteiger partial charge in [-0.15, -0.1) is 0 Å². The highest BCUT2D eigenvalue weighted by Crippen LogP contribution is 2.12. The second-order valence-corrected chi connectivity index (χ2v) is 5.26. The Bertz CT molecular complexity index is 352. The maximum absolute atomic E-state index is 9.90. The van der Waals surface area contributed by atoms with E-state index in [1.165, 1.54) is 5.56 Å². The topological polar surface area (TPSA) is 44.7 Å². The number of hydrogen-bond donors (Lipinski definition) is 2. The van der Waals surface area contributed by atoms with Gasteiger partial charge in [-0.3, -0.25) is 4.90 Å². The molecule has 1 aromatic carbocycles. The van der Waals surface area contributed by atoms with Gasteiger partial charge >= 0.3 is 0 Å². The summed E-state index contributed by atoms with van der Waals surface area (Å²) in [5.41, 5.74) is 1.22. The monoisotopic (exact) mass is 266 g/mol. The van der Waals surface area contributed by atoms with Crippen molar-refractivity contribution < 1.29 is 9.84 Å². The minimum absolute atomic E-state index is 0.342. The van der Waals surface area contributed by atoms with Gasteiger partial charge in [-0.2, -0.15) is 0 Å². The Morgan fingerprint density at radius 3 is 2.42 bits per heavy atom. The number of rotatable bonds is 8. The van der Waals surface area contributed by atoms with Crippen molar-refractivity contribution >= 4 is 0 Å². The van der Waals surface area contributed by atoms with Crippen LogP contribution in [0.1, 0.15) is 19.4 Å². The van der Waals surface area contributed by atoms with E-state index >= 15 is 0 Å². The molecule has 0 aliphatic rings. The van der Waals surface area contributed by atoms with Crippen molar-refractivity contribution in [2.75, 3.05) is 27.2 Å². The molecular weight excluding hydrogens is 240 g/mol. The number of likely N-dealkylation sites (N-methyl/N-ethyl adjacent to an activating group) is 1.